The zero-order chi connectivity index (χ0) is 12.6. The SMILES string of the molecule is Cc1cccc(C)c1-n1c(C)cc(CN)c1C. The minimum absolute atomic E-state index is 0.602. The van der Waals surface area contributed by atoms with E-state index in [1.54, 1.807) is 0 Å². The molecule has 2 nitrogen and oxygen atoms in total. The van der Waals surface area contributed by atoms with Gasteiger partial charge in [0.1, 0.15) is 0 Å². The summed E-state index contributed by atoms with van der Waals surface area (Å²) in [5.74, 6) is 0. The van der Waals surface area contributed by atoms with Crippen LogP contribution in [0.4, 0.5) is 0 Å². The van der Waals surface area contributed by atoms with Gasteiger partial charge in [-0.1, -0.05) is 18.2 Å². The summed E-state index contributed by atoms with van der Waals surface area (Å²) >= 11 is 0. The summed E-state index contributed by atoms with van der Waals surface area (Å²) < 4.78 is 2.31. The Balaban J connectivity index is 2.73. The second-order valence-corrected chi connectivity index (χ2v) is 4.68. The number of aromatic nitrogens is 1. The molecular weight excluding hydrogens is 208 g/mol. The number of hydrogen-bond acceptors (Lipinski definition) is 1. The topological polar surface area (TPSA) is 30.9 Å². The van der Waals surface area contributed by atoms with Crippen molar-refractivity contribution in [1.29, 1.82) is 0 Å². The molecule has 1 aromatic carbocycles. The Kier molecular flexibility index (Phi) is 3.07. The fourth-order valence-electron chi connectivity index (χ4n) is 2.54. The van der Waals surface area contributed by atoms with Gasteiger partial charge in [-0.3, -0.25) is 0 Å². The van der Waals surface area contributed by atoms with Crippen LogP contribution in [-0.4, -0.2) is 4.57 Å². The highest BCUT2D eigenvalue weighted by Crippen LogP contribution is 2.25. The van der Waals surface area contributed by atoms with Crippen molar-refractivity contribution in [2.24, 2.45) is 5.73 Å². The van der Waals surface area contributed by atoms with E-state index in [1.807, 2.05) is 0 Å². The molecule has 0 aliphatic carbocycles. The van der Waals surface area contributed by atoms with Gasteiger partial charge in [0.05, 0.1) is 5.69 Å². The number of hydrogen-bond donors (Lipinski definition) is 1. The predicted octanol–water partition coefficient (Wildman–Crippen LogP) is 3.17. The van der Waals surface area contributed by atoms with Crippen molar-refractivity contribution in [3.63, 3.8) is 0 Å². The first-order valence-corrected chi connectivity index (χ1v) is 6.00. The zero-order valence-corrected chi connectivity index (χ0v) is 11.0. The van der Waals surface area contributed by atoms with Crippen LogP contribution in [0.15, 0.2) is 24.3 Å². The van der Waals surface area contributed by atoms with Crippen molar-refractivity contribution in [3.05, 3.63) is 52.3 Å². The Bertz CT molecular complexity index is 530. The molecule has 2 N–H and O–H groups in total. The first kappa shape index (κ1) is 11.9. The van der Waals surface area contributed by atoms with Crippen molar-refractivity contribution in [2.45, 2.75) is 34.2 Å². The summed E-state index contributed by atoms with van der Waals surface area (Å²) in [7, 11) is 0. The minimum Gasteiger partial charge on any atom is -0.326 e. The van der Waals surface area contributed by atoms with E-state index in [0.717, 1.165) is 0 Å². The summed E-state index contributed by atoms with van der Waals surface area (Å²) in [5.41, 5.74) is 13.4. The number of aryl methyl sites for hydroxylation is 3. The zero-order valence-electron chi connectivity index (χ0n) is 11.0. The van der Waals surface area contributed by atoms with Crippen molar-refractivity contribution in [2.75, 3.05) is 0 Å². The molecule has 90 valence electrons. The second kappa shape index (κ2) is 4.38. The smallest absolute Gasteiger partial charge is 0.0513 e. The molecule has 0 unspecified atom stereocenters. The summed E-state index contributed by atoms with van der Waals surface area (Å²) in [6.07, 6.45) is 0. The molecule has 0 fully saturated rings. The highest BCUT2D eigenvalue weighted by molar-refractivity contribution is 5.51. The first-order valence-electron chi connectivity index (χ1n) is 6.00. The lowest BCUT2D eigenvalue weighted by Crippen LogP contribution is -2.05. The van der Waals surface area contributed by atoms with Gasteiger partial charge >= 0.3 is 0 Å². The molecule has 0 spiro atoms. The molecule has 0 saturated carbocycles. The van der Waals surface area contributed by atoms with Gasteiger partial charge in [-0.05, 0) is 50.5 Å². The van der Waals surface area contributed by atoms with Crippen molar-refractivity contribution < 1.29 is 0 Å². The molecule has 0 atom stereocenters. The highest BCUT2D eigenvalue weighted by atomic mass is 15.0. The van der Waals surface area contributed by atoms with Crippen LogP contribution >= 0.6 is 0 Å². The van der Waals surface area contributed by atoms with E-state index in [-0.39, 0.29) is 0 Å². The third kappa shape index (κ3) is 1.89. The van der Waals surface area contributed by atoms with Crippen LogP contribution in [0.2, 0.25) is 0 Å². The van der Waals surface area contributed by atoms with E-state index in [2.05, 4.69) is 56.5 Å². The number of para-hydroxylation sites is 1. The lowest BCUT2D eigenvalue weighted by Gasteiger charge is -2.15. The fourth-order valence-corrected chi connectivity index (χ4v) is 2.54. The fraction of sp³-hybridized carbons (Fsp3) is 0.333. The Hall–Kier alpha value is -1.54. The largest absolute Gasteiger partial charge is 0.326 e. The molecule has 0 amide bonds. The lowest BCUT2D eigenvalue weighted by molar-refractivity contribution is 0.926. The molecule has 2 heteroatoms. The monoisotopic (exact) mass is 228 g/mol. The summed E-state index contributed by atoms with van der Waals surface area (Å²) in [5, 5.41) is 0. The average Bonchev–Trinajstić information content (AvgIpc) is 2.56. The van der Waals surface area contributed by atoms with Crippen LogP contribution in [0.25, 0.3) is 5.69 Å². The highest BCUT2D eigenvalue weighted by Gasteiger charge is 2.12. The van der Waals surface area contributed by atoms with E-state index >= 15 is 0 Å². The molecule has 0 saturated heterocycles. The molecule has 17 heavy (non-hydrogen) atoms. The number of nitrogens with two attached hydrogens (primary N) is 1. The van der Waals surface area contributed by atoms with Gasteiger partial charge < -0.3 is 10.3 Å². The minimum atomic E-state index is 0.602. The van der Waals surface area contributed by atoms with Gasteiger partial charge in [-0.15, -0.1) is 0 Å². The van der Waals surface area contributed by atoms with E-state index in [1.165, 1.54) is 33.8 Å². The average molecular weight is 228 g/mol. The molecule has 0 radical (unpaired) electrons. The van der Waals surface area contributed by atoms with Crippen molar-refractivity contribution >= 4 is 0 Å². The van der Waals surface area contributed by atoms with Crippen LogP contribution in [0.1, 0.15) is 28.1 Å². The molecule has 1 heterocycles. The van der Waals surface area contributed by atoms with E-state index in [0.29, 0.717) is 6.54 Å². The Labute approximate surface area is 103 Å². The molecule has 0 aliphatic heterocycles. The lowest BCUT2D eigenvalue weighted by atomic mass is 10.1. The predicted molar refractivity (Wildman–Crippen MR) is 72.6 cm³/mol. The van der Waals surface area contributed by atoms with Crippen LogP contribution < -0.4 is 5.73 Å². The molecule has 2 aromatic rings. The first-order chi connectivity index (χ1) is 8.06. The molecule has 1 aromatic heterocycles. The third-order valence-corrected chi connectivity index (χ3v) is 3.42. The summed E-state index contributed by atoms with van der Waals surface area (Å²) in [4.78, 5) is 0. The molecule has 0 aliphatic rings. The van der Waals surface area contributed by atoms with Crippen LogP contribution in [-0.2, 0) is 6.54 Å². The maximum atomic E-state index is 5.77. The van der Waals surface area contributed by atoms with E-state index in [9.17, 15) is 0 Å². The maximum Gasteiger partial charge on any atom is 0.0513 e. The van der Waals surface area contributed by atoms with Gasteiger partial charge in [0.15, 0.2) is 0 Å². The third-order valence-electron chi connectivity index (χ3n) is 3.42. The standard InChI is InChI=1S/C15H20N2/c1-10-6-5-7-11(2)15(10)17-12(3)8-14(9-16)13(17)4/h5-8H,9,16H2,1-4H3. The number of benzene rings is 1. The van der Waals surface area contributed by atoms with Gasteiger partial charge in [0.2, 0.25) is 0 Å². The number of nitrogens with zero attached hydrogens (tertiary/aromatic N) is 1. The van der Waals surface area contributed by atoms with Gasteiger partial charge in [-0.25, -0.2) is 0 Å². The second-order valence-electron chi connectivity index (χ2n) is 4.68. The van der Waals surface area contributed by atoms with Crippen molar-refractivity contribution in [1.82, 2.24) is 4.57 Å². The normalized spacial score (nSPS) is 10.9. The maximum absolute atomic E-state index is 5.77. The quantitative estimate of drug-likeness (QED) is 0.841. The van der Waals surface area contributed by atoms with E-state index < -0.39 is 0 Å². The van der Waals surface area contributed by atoms with Gasteiger partial charge in [-0.2, -0.15) is 0 Å². The van der Waals surface area contributed by atoms with Gasteiger partial charge in [0.25, 0.3) is 0 Å². The van der Waals surface area contributed by atoms with E-state index in [4.69, 9.17) is 5.73 Å². The summed E-state index contributed by atoms with van der Waals surface area (Å²) in [6, 6.07) is 8.60. The molecule has 0 bridgehead atoms. The Morgan fingerprint density at radius 2 is 1.65 bits per heavy atom. The van der Waals surface area contributed by atoms with Crippen LogP contribution in [0, 0.1) is 27.7 Å². The summed E-state index contributed by atoms with van der Waals surface area (Å²) in [6.45, 7) is 9.19. The van der Waals surface area contributed by atoms with Gasteiger partial charge in [0, 0.05) is 17.9 Å². The molecular formula is C15H20N2. The number of rotatable bonds is 2. The van der Waals surface area contributed by atoms with Crippen LogP contribution in [0.5, 0.6) is 0 Å². The Morgan fingerprint density at radius 1 is 1.06 bits per heavy atom. The Morgan fingerprint density at radius 3 is 2.12 bits per heavy atom. The molecule has 2 rings (SSSR count). The van der Waals surface area contributed by atoms with Crippen LogP contribution in [0.3, 0.4) is 0 Å². The van der Waals surface area contributed by atoms with Crippen molar-refractivity contribution in [3.8, 4) is 5.69 Å².